The molecule has 1 amide bonds. The Morgan fingerprint density at radius 2 is 2.00 bits per heavy atom. The van der Waals surface area contributed by atoms with Gasteiger partial charge in [-0.05, 0) is 32.4 Å². The molecule has 7 heteroatoms. The van der Waals surface area contributed by atoms with Gasteiger partial charge in [0.25, 0.3) is 0 Å². The Kier molecular flexibility index (Phi) is 4.58. The third-order valence-electron chi connectivity index (χ3n) is 3.22. The number of H-pyrrole nitrogens is 1. The van der Waals surface area contributed by atoms with E-state index in [0.717, 1.165) is 5.56 Å². The largest absolute Gasteiger partial charge is 0.465 e. The molecule has 1 heterocycles. The van der Waals surface area contributed by atoms with Crippen LogP contribution < -0.4 is 0 Å². The highest BCUT2D eigenvalue weighted by Crippen LogP contribution is 2.23. The van der Waals surface area contributed by atoms with Crippen molar-refractivity contribution in [3.8, 4) is 0 Å². The van der Waals surface area contributed by atoms with E-state index in [1.165, 1.54) is 12.0 Å². The fourth-order valence-corrected chi connectivity index (χ4v) is 2.17. The fourth-order valence-electron chi connectivity index (χ4n) is 2.17. The van der Waals surface area contributed by atoms with E-state index in [2.05, 4.69) is 10.2 Å². The Bertz CT molecular complexity index is 730. The molecule has 1 aromatic carbocycles. The topological polar surface area (TPSA) is 84.5 Å². The number of aromatic nitrogens is 2. The van der Waals surface area contributed by atoms with Crippen LogP contribution in [0, 0.1) is 0 Å². The van der Waals surface area contributed by atoms with Crippen molar-refractivity contribution in [1.82, 2.24) is 15.1 Å². The van der Waals surface area contributed by atoms with Gasteiger partial charge in [-0.15, -0.1) is 0 Å². The number of rotatable bonds is 3. The van der Waals surface area contributed by atoms with E-state index in [9.17, 15) is 9.59 Å². The van der Waals surface area contributed by atoms with Crippen molar-refractivity contribution >= 4 is 23.0 Å². The van der Waals surface area contributed by atoms with Crippen LogP contribution in [0.25, 0.3) is 10.9 Å². The molecule has 0 aliphatic rings. The molecule has 0 aliphatic heterocycles. The number of hydrogen-bond donors (Lipinski definition) is 1. The molecule has 0 radical (unpaired) electrons. The molecule has 0 saturated heterocycles. The van der Waals surface area contributed by atoms with E-state index in [0.29, 0.717) is 23.0 Å². The molecule has 0 bridgehead atoms. The zero-order valence-electron chi connectivity index (χ0n) is 14.0. The molecule has 1 N–H and O–H groups in total. The molecule has 0 saturated carbocycles. The number of aromatic amines is 1. The van der Waals surface area contributed by atoms with Crippen molar-refractivity contribution < 1.29 is 19.1 Å². The molecule has 23 heavy (non-hydrogen) atoms. The molecular formula is C16H21N3O4. The van der Waals surface area contributed by atoms with Crippen molar-refractivity contribution in [2.45, 2.75) is 32.9 Å². The van der Waals surface area contributed by atoms with Gasteiger partial charge in [-0.2, -0.15) is 5.10 Å². The molecule has 1 aromatic heterocycles. The molecule has 0 unspecified atom stereocenters. The van der Waals surface area contributed by atoms with Crippen LogP contribution in [-0.2, 0) is 16.0 Å². The monoisotopic (exact) mass is 319 g/mol. The lowest BCUT2D eigenvalue weighted by atomic mass is 10.1. The highest BCUT2D eigenvalue weighted by Gasteiger charge is 2.21. The summed E-state index contributed by atoms with van der Waals surface area (Å²) in [6.45, 7) is 5.78. The first-order valence-electron chi connectivity index (χ1n) is 7.20. The first kappa shape index (κ1) is 16.8. The van der Waals surface area contributed by atoms with Gasteiger partial charge in [0.1, 0.15) is 5.60 Å². The summed E-state index contributed by atoms with van der Waals surface area (Å²) in [5.41, 5.74) is 1.41. The van der Waals surface area contributed by atoms with Crippen LogP contribution in [-0.4, -0.2) is 46.9 Å². The number of nitrogens with zero attached hydrogens (tertiary/aromatic N) is 2. The third kappa shape index (κ3) is 3.80. The molecular weight excluding hydrogens is 298 g/mol. The number of carbonyl (C=O) groups excluding carboxylic acids is 2. The molecule has 7 nitrogen and oxygen atoms in total. The van der Waals surface area contributed by atoms with Crippen molar-refractivity contribution in [3.05, 3.63) is 29.5 Å². The van der Waals surface area contributed by atoms with Gasteiger partial charge >= 0.3 is 12.1 Å². The van der Waals surface area contributed by atoms with E-state index < -0.39 is 17.7 Å². The minimum absolute atomic E-state index is 0.328. The number of nitrogens with one attached hydrogen (secondary N) is 1. The van der Waals surface area contributed by atoms with Crippen LogP contribution in [0.15, 0.2) is 18.3 Å². The summed E-state index contributed by atoms with van der Waals surface area (Å²) in [5.74, 6) is -0.427. The second-order valence-electron chi connectivity index (χ2n) is 6.26. The lowest BCUT2D eigenvalue weighted by molar-refractivity contribution is 0.0285. The minimum atomic E-state index is -0.552. The number of amides is 1. The van der Waals surface area contributed by atoms with Gasteiger partial charge in [0.2, 0.25) is 0 Å². The maximum atomic E-state index is 12.1. The normalized spacial score (nSPS) is 11.3. The SMILES string of the molecule is COC(=O)c1ccc(CN(C)C(=O)OC(C)(C)C)c2[nH]ncc12. The average molecular weight is 319 g/mol. The van der Waals surface area contributed by atoms with Gasteiger partial charge in [0.05, 0.1) is 30.9 Å². The predicted octanol–water partition coefficient (Wildman–Crippen LogP) is 2.72. The van der Waals surface area contributed by atoms with Crippen molar-refractivity contribution in [1.29, 1.82) is 0 Å². The molecule has 124 valence electrons. The number of carbonyl (C=O) groups is 2. The quantitative estimate of drug-likeness (QED) is 0.879. The summed E-state index contributed by atoms with van der Waals surface area (Å²) in [4.78, 5) is 25.3. The molecule has 0 atom stereocenters. The van der Waals surface area contributed by atoms with Crippen molar-refractivity contribution in [2.24, 2.45) is 0 Å². The number of benzene rings is 1. The first-order valence-corrected chi connectivity index (χ1v) is 7.20. The lowest BCUT2D eigenvalue weighted by Crippen LogP contribution is -2.33. The first-order chi connectivity index (χ1) is 10.7. The summed E-state index contributed by atoms with van der Waals surface area (Å²) in [6, 6.07) is 3.44. The third-order valence-corrected chi connectivity index (χ3v) is 3.22. The molecule has 0 fully saturated rings. The summed E-state index contributed by atoms with van der Waals surface area (Å²) in [5, 5.41) is 7.51. The van der Waals surface area contributed by atoms with Crippen LogP contribution >= 0.6 is 0 Å². The highest BCUT2D eigenvalue weighted by molar-refractivity contribution is 6.04. The fraction of sp³-hybridized carbons (Fsp3) is 0.438. The number of ether oxygens (including phenoxy) is 2. The summed E-state index contributed by atoms with van der Waals surface area (Å²) < 4.78 is 10.1. The summed E-state index contributed by atoms with van der Waals surface area (Å²) in [6.07, 6.45) is 1.15. The zero-order valence-corrected chi connectivity index (χ0v) is 14.0. The van der Waals surface area contributed by atoms with Crippen LogP contribution in [0.2, 0.25) is 0 Å². The highest BCUT2D eigenvalue weighted by atomic mass is 16.6. The van der Waals surface area contributed by atoms with Crippen molar-refractivity contribution in [3.63, 3.8) is 0 Å². The number of esters is 1. The van der Waals surface area contributed by atoms with Crippen LogP contribution in [0.1, 0.15) is 36.7 Å². The van der Waals surface area contributed by atoms with Crippen LogP contribution in [0.5, 0.6) is 0 Å². The van der Waals surface area contributed by atoms with Gasteiger partial charge in [-0.3, -0.25) is 5.10 Å². The molecule has 2 rings (SSSR count). The van der Waals surface area contributed by atoms with Crippen LogP contribution in [0.3, 0.4) is 0 Å². The minimum Gasteiger partial charge on any atom is -0.465 e. The number of methoxy groups -OCH3 is 1. The predicted molar refractivity (Wildman–Crippen MR) is 85.1 cm³/mol. The molecule has 2 aromatic rings. The Morgan fingerprint density at radius 3 is 2.61 bits per heavy atom. The Morgan fingerprint density at radius 1 is 1.30 bits per heavy atom. The Balaban J connectivity index is 2.26. The maximum Gasteiger partial charge on any atom is 0.410 e. The average Bonchev–Trinajstić information content (AvgIpc) is 2.94. The summed E-state index contributed by atoms with van der Waals surface area (Å²) in [7, 11) is 2.99. The maximum absolute atomic E-state index is 12.1. The van der Waals surface area contributed by atoms with E-state index in [-0.39, 0.29) is 0 Å². The number of hydrogen-bond acceptors (Lipinski definition) is 5. The van der Waals surface area contributed by atoms with Gasteiger partial charge in [0, 0.05) is 12.4 Å². The second kappa shape index (κ2) is 6.28. The van der Waals surface area contributed by atoms with Gasteiger partial charge < -0.3 is 14.4 Å². The van der Waals surface area contributed by atoms with E-state index in [1.807, 2.05) is 20.8 Å². The Hall–Kier alpha value is -2.57. The number of fused-ring (bicyclic) bond motifs is 1. The van der Waals surface area contributed by atoms with E-state index in [1.54, 1.807) is 25.4 Å². The standard InChI is InChI=1S/C16H21N3O4/c1-16(2,3)23-15(21)19(4)9-10-6-7-11(14(20)22-5)12-8-17-18-13(10)12/h6-8H,9H2,1-5H3,(H,17,18). The molecule has 0 aliphatic carbocycles. The summed E-state index contributed by atoms with van der Waals surface area (Å²) >= 11 is 0. The Labute approximate surface area is 134 Å². The van der Waals surface area contributed by atoms with Gasteiger partial charge in [-0.25, -0.2) is 9.59 Å². The van der Waals surface area contributed by atoms with Gasteiger partial charge in [-0.1, -0.05) is 6.07 Å². The zero-order chi connectivity index (χ0) is 17.2. The van der Waals surface area contributed by atoms with E-state index in [4.69, 9.17) is 9.47 Å². The molecule has 0 spiro atoms. The van der Waals surface area contributed by atoms with Gasteiger partial charge in [0.15, 0.2) is 0 Å². The smallest absolute Gasteiger partial charge is 0.410 e. The second-order valence-corrected chi connectivity index (χ2v) is 6.26. The van der Waals surface area contributed by atoms with Crippen LogP contribution in [0.4, 0.5) is 4.79 Å². The van der Waals surface area contributed by atoms with E-state index >= 15 is 0 Å². The lowest BCUT2D eigenvalue weighted by Gasteiger charge is -2.24. The van der Waals surface area contributed by atoms with Crippen molar-refractivity contribution in [2.75, 3.05) is 14.2 Å².